The van der Waals surface area contributed by atoms with E-state index < -0.39 is 5.60 Å². The molecule has 3 rings (SSSR count). The van der Waals surface area contributed by atoms with Crippen LogP contribution in [0.5, 0.6) is 0 Å². The number of rotatable bonds is 7. The Bertz CT molecular complexity index is 872. The van der Waals surface area contributed by atoms with Crippen molar-refractivity contribution in [3.63, 3.8) is 0 Å². The summed E-state index contributed by atoms with van der Waals surface area (Å²) in [6, 6.07) is 3.01. The highest BCUT2D eigenvalue weighted by molar-refractivity contribution is 6.29. The number of nitrogens with two attached hydrogens (primary N) is 1. The molecule has 0 radical (unpaired) electrons. The first kappa shape index (κ1) is 25.4. The Labute approximate surface area is 200 Å². The number of piperidine rings is 1. The minimum Gasteiger partial charge on any atom is -0.460 e. The summed E-state index contributed by atoms with van der Waals surface area (Å²) in [5, 5.41) is 0.281. The summed E-state index contributed by atoms with van der Waals surface area (Å²) in [7, 11) is 0. The standard InChI is InChI=1S/C24H35ClN4O4/c1-24(2,3)33-21(30)14-16-7-12-29(23(32)17-6-9-27-20(25)13-17)15-18(16)8-11-28-10-4-5-19(28)22(26)31/h6,9,13,16,18-19H,4-5,7-8,10-12,14-15H2,1-3H3,(H2,26,31)/t16-,18+,19+/m1/s1. The van der Waals surface area contributed by atoms with Crippen molar-refractivity contribution in [1.82, 2.24) is 14.8 Å². The molecule has 1 aromatic heterocycles. The van der Waals surface area contributed by atoms with E-state index in [2.05, 4.69) is 9.88 Å². The highest BCUT2D eigenvalue weighted by Crippen LogP contribution is 2.32. The molecule has 1 aromatic rings. The maximum Gasteiger partial charge on any atom is 0.306 e. The Morgan fingerprint density at radius 1 is 1.21 bits per heavy atom. The SMILES string of the molecule is CC(C)(C)OC(=O)C[C@H]1CCN(C(=O)c2ccnc(Cl)c2)C[C@@H]1CCN1CCC[C@H]1C(N)=O. The number of nitrogens with zero attached hydrogens (tertiary/aromatic N) is 3. The number of hydrogen-bond acceptors (Lipinski definition) is 6. The van der Waals surface area contributed by atoms with E-state index in [1.54, 1.807) is 12.1 Å². The Morgan fingerprint density at radius 3 is 2.64 bits per heavy atom. The number of ether oxygens (including phenoxy) is 1. The Morgan fingerprint density at radius 2 is 1.97 bits per heavy atom. The third-order valence-corrected chi connectivity index (χ3v) is 6.69. The van der Waals surface area contributed by atoms with Crippen molar-refractivity contribution < 1.29 is 19.1 Å². The summed E-state index contributed by atoms with van der Waals surface area (Å²) in [6.45, 7) is 8.25. The van der Waals surface area contributed by atoms with Gasteiger partial charge in [-0.3, -0.25) is 19.3 Å². The van der Waals surface area contributed by atoms with Crippen LogP contribution in [0.1, 0.15) is 63.2 Å². The zero-order chi connectivity index (χ0) is 24.2. The number of likely N-dealkylation sites (tertiary alicyclic amines) is 2. The van der Waals surface area contributed by atoms with Gasteiger partial charge in [-0.15, -0.1) is 0 Å². The Kier molecular flexibility index (Phi) is 8.34. The summed E-state index contributed by atoms with van der Waals surface area (Å²) < 4.78 is 5.56. The van der Waals surface area contributed by atoms with Crippen LogP contribution in [0.25, 0.3) is 0 Å². The quantitative estimate of drug-likeness (QED) is 0.477. The lowest BCUT2D eigenvalue weighted by Crippen LogP contribution is -2.46. The van der Waals surface area contributed by atoms with Crippen molar-refractivity contribution in [2.75, 3.05) is 26.2 Å². The van der Waals surface area contributed by atoms with E-state index in [0.29, 0.717) is 38.0 Å². The lowest BCUT2D eigenvalue weighted by atomic mass is 9.80. The van der Waals surface area contributed by atoms with Gasteiger partial charge in [0.25, 0.3) is 5.91 Å². The maximum absolute atomic E-state index is 13.1. The minimum atomic E-state index is -0.534. The molecule has 33 heavy (non-hydrogen) atoms. The molecule has 9 heteroatoms. The molecule has 2 aliphatic heterocycles. The molecule has 182 valence electrons. The molecule has 2 saturated heterocycles. The van der Waals surface area contributed by atoms with Crippen LogP contribution in [-0.4, -0.2) is 70.4 Å². The number of primary amides is 1. The van der Waals surface area contributed by atoms with E-state index in [9.17, 15) is 14.4 Å². The van der Waals surface area contributed by atoms with Crippen LogP contribution in [0.3, 0.4) is 0 Å². The van der Waals surface area contributed by atoms with Crippen molar-refractivity contribution in [1.29, 1.82) is 0 Å². The number of pyridine rings is 1. The van der Waals surface area contributed by atoms with Gasteiger partial charge in [0.2, 0.25) is 5.91 Å². The second kappa shape index (κ2) is 10.8. The molecule has 0 bridgehead atoms. The molecule has 3 heterocycles. The van der Waals surface area contributed by atoms with Gasteiger partial charge in [-0.25, -0.2) is 4.98 Å². The van der Waals surface area contributed by atoms with Gasteiger partial charge in [-0.2, -0.15) is 0 Å². The van der Waals surface area contributed by atoms with Crippen molar-refractivity contribution in [2.24, 2.45) is 17.6 Å². The lowest BCUT2D eigenvalue weighted by Gasteiger charge is -2.39. The molecule has 2 N–H and O–H groups in total. The van der Waals surface area contributed by atoms with Crippen molar-refractivity contribution in [3.05, 3.63) is 29.0 Å². The fourth-order valence-corrected chi connectivity index (χ4v) is 5.10. The van der Waals surface area contributed by atoms with Gasteiger partial charge >= 0.3 is 5.97 Å². The Hall–Kier alpha value is -2.19. The van der Waals surface area contributed by atoms with Crippen molar-refractivity contribution >= 4 is 29.4 Å². The largest absolute Gasteiger partial charge is 0.460 e. The van der Waals surface area contributed by atoms with E-state index >= 15 is 0 Å². The van der Waals surface area contributed by atoms with Gasteiger partial charge in [0.05, 0.1) is 6.04 Å². The van der Waals surface area contributed by atoms with Crippen molar-refractivity contribution in [3.8, 4) is 0 Å². The molecule has 0 aliphatic carbocycles. The number of aromatic nitrogens is 1. The molecule has 2 amide bonds. The zero-order valence-electron chi connectivity index (χ0n) is 19.8. The summed E-state index contributed by atoms with van der Waals surface area (Å²) in [5.74, 6) is -0.361. The maximum atomic E-state index is 13.1. The molecular weight excluding hydrogens is 444 g/mol. The molecule has 8 nitrogen and oxygen atoms in total. The number of hydrogen-bond donors (Lipinski definition) is 1. The van der Waals surface area contributed by atoms with Crippen LogP contribution in [0, 0.1) is 11.8 Å². The summed E-state index contributed by atoms with van der Waals surface area (Å²) in [4.78, 5) is 45.3. The first-order chi connectivity index (χ1) is 15.5. The smallest absolute Gasteiger partial charge is 0.306 e. The molecule has 2 fully saturated rings. The fraction of sp³-hybridized carbons (Fsp3) is 0.667. The second-order valence-corrected chi connectivity index (χ2v) is 10.5. The lowest BCUT2D eigenvalue weighted by molar-refractivity contribution is -0.156. The van der Waals surface area contributed by atoms with Gasteiger partial charge in [0.1, 0.15) is 10.8 Å². The summed E-state index contributed by atoms with van der Waals surface area (Å²) in [6.07, 6.45) is 5.08. The first-order valence-electron chi connectivity index (χ1n) is 11.7. The predicted molar refractivity (Wildman–Crippen MR) is 126 cm³/mol. The monoisotopic (exact) mass is 478 g/mol. The molecular formula is C24H35ClN4O4. The van der Waals surface area contributed by atoms with E-state index in [1.165, 1.54) is 6.20 Å². The molecule has 0 saturated carbocycles. The van der Waals surface area contributed by atoms with Gasteiger partial charge in [0.15, 0.2) is 0 Å². The number of amides is 2. The van der Waals surface area contributed by atoms with Crippen LogP contribution < -0.4 is 5.73 Å². The van der Waals surface area contributed by atoms with E-state index in [0.717, 1.165) is 25.8 Å². The first-order valence-corrected chi connectivity index (χ1v) is 12.1. The predicted octanol–water partition coefficient (Wildman–Crippen LogP) is 2.88. The van der Waals surface area contributed by atoms with Crippen LogP contribution in [0.4, 0.5) is 0 Å². The fourth-order valence-electron chi connectivity index (χ4n) is 4.92. The molecule has 2 aliphatic rings. The van der Waals surface area contributed by atoms with Crippen molar-refractivity contribution in [2.45, 2.75) is 64.5 Å². The van der Waals surface area contributed by atoms with E-state index in [4.69, 9.17) is 22.1 Å². The second-order valence-electron chi connectivity index (χ2n) is 10.1. The van der Waals surface area contributed by atoms with Crippen LogP contribution >= 0.6 is 11.6 Å². The highest BCUT2D eigenvalue weighted by Gasteiger charge is 2.36. The zero-order valence-corrected chi connectivity index (χ0v) is 20.5. The number of carbonyl (C=O) groups excluding carboxylic acids is 3. The van der Waals surface area contributed by atoms with Crippen LogP contribution in [0.15, 0.2) is 18.3 Å². The van der Waals surface area contributed by atoms with Gasteiger partial charge in [-0.05, 0) is 83.5 Å². The topological polar surface area (TPSA) is 106 Å². The number of carbonyl (C=O) groups is 3. The third kappa shape index (κ3) is 7.14. The van der Waals surface area contributed by atoms with Crippen LogP contribution in [0.2, 0.25) is 5.15 Å². The number of esters is 1. The molecule has 0 aromatic carbocycles. The van der Waals surface area contributed by atoms with E-state index in [1.807, 2.05) is 25.7 Å². The third-order valence-electron chi connectivity index (χ3n) is 6.48. The summed E-state index contributed by atoms with van der Waals surface area (Å²) >= 11 is 5.97. The Balaban J connectivity index is 1.70. The van der Waals surface area contributed by atoms with Gasteiger partial charge in [-0.1, -0.05) is 11.6 Å². The average molecular weight is 479 g/mol. The molecule has 0 unspecified atom stereocenters. The van der Waals surface area contributed by atoms with Gasteiger partial charge in [0, 0.05) is 31.3 Å². The van der Waals surface area contributed by atoms with Crippen LogP contribution in [-0.2, 0) is 14.3 Å². The molecule has 3 atom stereocenters. The van der Waals surface area contributed by atoms with E-state index in [-0.39, 0.29) is 40.8 Å². The van der Waals surface area contributed by atoms with Gasteiger partial charge < -0.3 is 15.4 Å². The number of halogens is 1. The highest BCUT2D eigenvalue weighted by atomic mass is 35.5. The minimum absolute atomic E-state index is 0.0868. The average Bonchev–Trinajstić information content (AvgIpc) is 3.20. The summed E-state index contributed by atoms with van der Waals surface area (Å²) in [5.41, 5.74) is 5.55. The molecule has 0 spiro atoms. The normalized spacial score (nSPS) is 24.0.